The second-order valence-electron chi connectivity index (χ2n) is 7.04. The van der Waals surface area contributed by atoms with Crippen LogP contribution < -0.4 is 5.32 Å². The Morgan fingerprint density at radius 2 is 1.93 bits per heavy atom. The zero-order valence-electron chi connectivity index (χ0n) is 15.5. The summed E-state index contributed by atoms with van der Waals surface area (Å²) in [5.74, 6) is -0.511. The van der Waals surface area contributed by atoms with E-state index in [4.69, 9.17) is 11.6 Å². The smallest absolute Gasteiger partial charge is 0.247 e. The maximum Gasteiger partial charge on any atom is 0.247 e. The summed E-state index contributed by atoms with van der Waals surface area (Å²) in [5.41, 5.74) is 1.92. The highest BCUT2D eigenvalue weighted by Crippen LogP contribution is 2.27. The van der Waals surface area contributed by atoms with Crippen LogP contribution in [0.25, 0.3) is 0 Å². The first-order valence-corrected chi connectivity index (χ1v) is 10.7. The maximum atomic E-state index is 13.2. The molecule has 1 aliphatic rings. The van der Waals surface area contributed by atoms with E-state index in [9.17, 15) is 9.59 Å². The van der Waals surface area contributed by atoms with Gasteiger partial charge in [-0.1, -0.05) is 48.7 Å². The standard InChI is InChI=1S/C21H25ClN2O2S/c1-15-8-10-16(11-9-15)20(21(26)23-17-5-2-3-6-17)24(19(25)13-22)14-18-7-4-12-27-18/h4,7-12,17,20H,2-3,5-6,13-14H2,1H3,(H,23,26)/t20-/m1/s1. The first-order chi connectivity index (χ1) is 13.1. The fraction of sp³-hybridized carbons (Fsp3) is 0.429. The van der Waals surface area contributed by atoms with Crippen molar-refractivity contribution >= 4 is 34.8 Å². The van der Waals surface area contributed by atoms with Crippen LogP contribution in [-0.2, 0) is 16.1 Å². The van der Waals surface area contributed by atoms with Gasteiger partial charge < -0.3 is 10.2 Å². The number of carbonyl (C=O) groups excluding carboxylic acids is 2. The van der Waals surface area contributed by atoms with Crippen LogP contribution in [0, 0.1) is 6.92 Å². The highest BCUT2D eigenvalue weighted by Gasteiger charge is 2.33. The van der Waals surface area contributed by atoms with E-state index in [1.807, 2.05) is 48.7 Å². The topological polar surface area (TPSA) is 49.4 Å². The van der Waals surface area contributed by atoms with Crippen molar-refractivity contribution in [2.24, 2.45) is 0 Å². The van der Waals surface area contributed by atoms with Gasteiger partial charge in [0.2, 0.25) is 11.8 Å². The van der Waals surface area contributed by atoms with Crippen LogP contribution >= 0.6 is 22.9 Å². The van der Waals surface area contributed by atoms with Crippen molar-refractivity contribution in [3.63, 3.8) is 0 Å². The van der Waals surface area contributed by atoms with Crippen LogP contribution in [0.5, 0.6) is 0 Å². The lowest BCUT2D eigenvalue weighted by Crippen LogP contribution is -2.46. The molecule has 1 fully saturated rings. The Kier molecular flexibility index (Phi) is 6.91. The van der Waals surface area contributed by atoms with Crippen LogP contribution in [0.3, 0.4) is 0 Å². The van der Waals surface area contributed by atoms with Crippen LogP contribution in [0.2, 0.25) is 0 Å². The van der Waals surface area contributed by atoms with Gasteiger partial charge in [-0.05, 0) is 36.8 Å². The van der Waals surface area contributed by atoms with E-state index in [2.05, 4.69) is 5.32 Å². The Hall–Kier alpha value is -1.85. The van der Waals surface area contributed by atoms with Crippen molar-refractivity contribution in [2.45, 2.75) is 51.2 Å². The molecule has 1 heterocycles. The molecule has 0 bridgehead atoms. The predicted octanol–water partition coefficient (Wildman–Crippen LogP) is 4.42. The quantitative estimate of drug-likeness (QED) is 0.694. The molecule has 3 rings (SSSR count). The van der Waals surface area contributed by atoms with E-state index in [0.29, 0.717) is 6.54 Å². The second-order valence-corrected chi connectivity index (χ2v) is 8.34. The summed E-state index contributed by atoms with van der Waals surface area (Å²) in [7, 11) is 0. The first-order valence-electron chi connectivity index (χ1n) is 9.33. The van der Waals surface area contributed by atoms with Gasteiger partial charge in [-0.2, -0.15) is 0 Å². The summed E-state index contributed by atoms with van der Waals surface area (Å²) >= 11 is 7.47. The number of benzene rings is 1. The van der Waals surface area contributed by atoms with Crippen LogP contribution in [0.15, 0.2) is 41.8 Å². The van der Waals surface area contributed by atoms with Crippen molar-refractivity contribution in [3.05, 3.63) is 57.8 Å². The zero-order valence-corrected chi connectivity index (χ0v) is 17.1. The third kappa shape index (κ3) is 5.11. The average Bonchev–Trinajstić information content (AvgIpc) is 3.36. The third-order valence-corrected chi connectivity index (χ3v) is 6.09. The summed E-state index contributed by atoms with van der Waals surface area (Å²) in [6, 6.07) is 11.2. The van der Waals surface area contributed by atoms with E-state index < -0.39 is 6.04 Å². The van der Waals surface area contributed by atoms with Gasteiger partial charge >= 0.3 is 0 Å². The number of alkyl halides is 1. The van der Waals surface area contributed by atoms with Crippen molar-refractivity contribution in [2.75, 3.05) is 5.88 Å². The van der Waals surface area contributed by atoms with Gasteiger partial charge in [-0.15, -0.1) is 22.9 Å². The van der Waals surface area contributed by atoms with Crippen molar-refractivity contribution in [1.29, 1.82) is 0 Å². The molecular weight excluding hydrogens is 380 g/mol. The molecule has 0 saturated heterocycles. The molecule has 1 aliphatic carbocycles. The highest BCUT2D eigenvalue weighted by atomic mass is 35.5. The number of halogens is 1. The molecule has 144 valence electrons. The molecule has 1 saturated carbocycles. The van der Waals surface area contributed by atoms with Gasteiger partial charge in [0.15, 0.2) is 0 Å². The van der Waals surface area contributed by atoms with Crippen LogP contribution in [0.4, 0.5) is 0 Å². The molecular formula is C21H25ClN2O2S. The molecule has 27 heavy (non-hydrogen) atoms. The Morgan fingerprint density at radius 1 is 1.22 bits per heavy atom. The fourth-order valence-corrected chi connectivity index (χ4v) is 4.40. The number of nitrogens with zero attached hydrogens (tertiary/aromatic N) is 1. The maximum absolute atomic E-state index is 13.2. The van der Waals surface area contributed by atoms with Gasteiger partial charge in [0, 0.05) is 10.9 Å². The molecule has 1 aromatic heterocycles. The Bertz CT molecular complexity index is 755. The number of hydrogen-bond donors (Lipinski definition) is 1. The SMILES string of the molecule is Cc1ccc([C@H](C(=O)NC2CCCC2)N(Cc2cccs2)C(=O)CCl)cc1. The van der Waals surface area contributed by atoms with Crippen LogP contribution in [0.1, 0.15) is 47.7 Å². The molecule has 2 amide bonds. The number of rotatable bonds is 7. The number of thiophene rings is 1. The Morgan fingerprint density at radius 3 is 2.52 bits per heavy atom. The van der Waals surface area contributed by atoms with E-state index in [-0.39, 0.29) is 23.7 Å². The highest BCUT2D eigenvalue weighted by molar-refractivity contribution is 7.09. The molecule has 0 unspecified atom stereocenters. The second kappa shape index (κ2) is 9.38. The summed E-state index contributed by atoms with van der Waals surface area (Å²) in [5, 5.41) is 5.13. The predicted molar refractivity (Wildman–Crippen MR) is 110 cm³/mol. The summed E-state index contributed by atoms with van der Waals surface area (Å²) < 4.78 is 0. The molecule has 0 spiro atoms. The van der Waals surface area contributed by atoms with E-state index in [0.717, 1.165) is 41.7 Å². The van der Waals surface area contributed by atoms with Gasteiger partial charge in [-0.25, -0.2) is 0 Å². The normalized spacial score (nSPS) is 15.5. The fourth-order valence-electron chi connectivity index (χ4n) is 3.54. The Balaban J connectivity index is 1.92. The lowest BCUT2D eigenvalue weighted by atomic mass is 10.0. The molecule has 6 heteroatoms. The lowest BCUT2D eigenvalue weighted by molar-refractivity contribution is -0.140. The molecule has 0 radical (unpaired) electrons. The van der Waals surface area contributed by atoms with E-state index >= 15 is 0 Å². The minimum Gasteiger partial charge on any atom is -0.351 e. The van der Waals surface area contributed by atoms with Crippen LogP contribution in [-0.4, -0.2) is 28.6 Å². The van der Waals surface area contributed by atoms with Gasteiger partial charge in [0.25, 0.3) is 0 Å². The van der Waals surface area contributed by atoms with E-state index in [1.165, 1.54) is 0 Å². The number of aryl methyl sites for hydroxylation is 1. The minimum atomic E-state index is -0.681. The third-order valence-electron chi connectivity index (χ3n) is 5.00. The van der Waals surface area contributed by atoms with Gasteiger partial charge in [-0.3, -0.25) is 9.59 Å². The average molecular weight is 405 g/mol. The number of carbonyl (C=O) groups is 2. The largest absolute Gasteiger partial charge is 0.351 e. The minimum absolute atomic E-state index is 0.124. The summed E-state index contributed by atoms with van der Waals surface area (Å²) in [6.07, 6.45) is 4.28. The summed E-state index contributed by atoms with van der Waals surface area (Å²) in [4.78, 5) is 28.5. The number of nitrogens with one attached hydrogen (secondary N) is 1. The molecule has 1 aromatic carbocycles. The number of amides is 2. The molecule has 1 N–H and O–H groups in total. The van der Waals surface area contributed by atoms with Crippen molar-refractivity contribution in [1.82, 2.24) is 10.2 Å². The lowest BCUT2D eigenvalue weighted by Gasteiger charge is -2.31. The molecule has 1 atom stereocenters. The monoisotopic (exact) mass is 404 g/mol. The number of hydrogen-bond acceptors (Lipinski definition) is 3. The zero-order chi connectivity index (χ0) is 19.2. The van der Waals surface area contributed by atoms with Crippen molar-refractivity contribution < 1.29 is 9.59 Å². The Labute approximate surface area is 169 Å². The van der Waals surface area contributed by atoms with Crippen molar-refractivity contribution in [3.8, 4) is 0 Å². The van der Waals surface area contributed by atoms with E-state index in [1.54, 1.807) is 16.2 Å². The summed E-state index contributed by atoms with van der Waals surface area (Å²) in [6.45, 7) is 2.38. The molecule has 4 nitrogen and oxygen atoms in total. The van der Waals surface area contributed by atoms with Gasteiger partial charge in [0.05, 0.1) is 6.54 Å². The first kappa shape index (κ1) is 19.9. The van der Waals surface area contributed by atoms with Gasteiger partial charge in [0.1, 0.15) is 11.9 Å². The molecule has 2 aromatic rings. The molecule has 0 aliphatic heterocycles.